The van der Waals surface area contributed by atoms with Crippen molar-refractivity contribution in [1.29, 1.82) is 0 Å². The fraction of sp³-hybridized carbons (Fsp3) is 0.0588. The number of anilines is 2. The summed E-state index contributed by atoms with van der Waals surface area (Å²) >= 11 is 1.32. The monoisotopic (exact) mass is 369 g/mol. The second kappa shape index (κ2) is 8.08. The minimum atomic E-state index is -0.387. The van der Waals surface area contributed by atoms with Crippen molar-refractivity contribution in [2.75, 3.05) is 17.9 Å². The number of carbonyl (C=O) groups is 2. The molecule has 2 aromatic heterocycles. The molecule has 9 heteroatoms. The molecule has 3 rings (SSSR count). The Kier molecular flexibility index (Phi) is 5.40. The largest absolute Gasteiger partial charge is 0.497 e. The fourth-order valence-corrected chi connectivity index (χ4v) is 2.58. The number of benzene rings is 1. The Hall–Kier alpha value is -3.46. The molecule has 1 aromatic carbocycles. The number of aromatic nitrogens is 2. The molecule has 2 amide bonds. The van der Waals surface area contributed by atoms with Crippen LogP contribution < -0.4 is 20.9 Å². The fourth-order valence-electron chi connectivity index (χ4n) is 2.05. The van der Waals surface area contributed by atoms with Crippen molar-refractivity contribution in [2.45, 2.75) is 0 Å². The van der Waals surface area contributed by atoms with Crippen LogP contribution in [0.25, 0.3) is 0 Å². The highest BCUT2D eigenvalue weighted by atomic mass is 32.1. The molecule has 8 nitrogen and oxygen atoms in total. The number of carbonyl (C=O) groups excluding carboxylic acids is 2. The van der Waals surface area contributed by atoms with Crippen LogP contribution in [-0.2, 0) is 0 Å². The van der Waals surface area contributed by atoms with E-state index in [0.717, 1.165) is 0 Å². The second-order valence-corrected chi connectivity index (χ2v) is 5.78. The predicted molar refractivity (Wildman–Crippen MR) is 98.4 cm³/mol. The number of nitrogens with zero attached hydrogens (tertiary/aromatic N) is 2. The normalized spacial score (nSPS) is 10.0. The molecule has 0 aliphatic carbocycles. The predicted octanol–water partition coefficient (Wildman–Crippen LogP) is 2.56. The summed E-state index contributed by atoms with van der Waals surface area (Å²) in [6.07, 6.45) is 3.03. The van der Waals surface area contributed by atoms with Crippen molar-refractivity contribution in [3.05, 3.63) is 64.9 Å². The van der Waals surface area contributed by atoms with Crippen molar-refractivity contribution in [2.24, 2.45) is 0 Å². The van der Waals surface area contributed by atoms with E-state index in [-0.39, 0.29) is 11.8 Å². The van der Waals surface area contributed by atoms with Crippen LogP contribution in [-0.4, -0.2) is 28.9 Å². The van der Waals surface area contributed by atoms with Gasteiger partial charge in [0.2, 0.25) is 0 Å². The van der Waals surface area contributed by atoms with Gasteiger partial charge < -0.3 is 10.1 Å². The van der Waals surface area contributed by atoms with Crippen LogP contribution in [0, 0.1) is 0 Å². The van der Waals surface area contributed by atoms with Gasteiger partial charge in [-0.15, -0.1) is 11.3 Å². The zero-order chi connectivity index (χ0) is 18.4. The first-order chi connectivity index (χ1) is 12.7. The first kappa shape index (κ1) is 17.4. The highest BCUT2D eigenvalue weighted by molar-refractivity contribution is 7.07. The molecule has 0 saturated carbocycles. The van der Waals surface area contributed by atoms with E-state index in [1.54, 1.807) is 48.3 Å². The zero-order valence-electron chi connectivity index (χ0n) is 13.7. The Morgan fingerprint density at radius 2 is 1.88 bits per heavy atom. The third kappa shape index (κ3) is 4.14. The third-order valence-corrected chi connectivity index (χ3v) is 3.98. The minimum absolute atomic E-state index is 0.298. The molecule has 3 N–H and O–H groups in total. The molecule has 0 fully saturated rings. The van der Waals surface area contributed by atoms with Crippen LogP contribution in [0.15, 0.2) is 53.6 Å². The topological polar surface area (TPSA) is 105 Å². The first-order valence-electron chi connectivity index (χ1n) is 7.51. The molecule has 0 saturated heterocycles. The van der Waals surface area contributed by atoms with Crippen LogP contribution in [0.2, 0.25) is 0 Å². The number of thiazole rings is 1. The molecule has 26 heavy (non-hydrogen) atoms. The van der Waals surface area contributed by atoms with Gasteiger partial charge in [0.05, 0.1) is 30.2 Å². The van der Waals surface area contributed by atoms with Gasteiger partial charge in [-0.2, -0.15) is 0 Å². The maximum Gasteiger partial charge on any atom is 0.289 e. The third-order valence-electron chi connectivity index (χ3n) is 3.40. The van der Waals surface area contributed by atoms with Crippen LogP contribution >= 0.6 is 11.3 Å². The summed E-state index contributed by atoms with van der Waals surface area (Å²) < 4.78 is 5.08. The van der Waals surface area contributed by atoms with Gasteiger partial charge in [0.1, 0.15) is 11.4 Å². The highest BCUT2D eigenvalue weighted by Gasteiger charge is 2.11. The summed E-state index contributed by atoms with van der Waals surface area (Å²) in [5.74, 6) is -0.0205. The van der Waals surface area contributed by atoms with Gasteiger partial charge in [-0.25, -0.2) is 4.98 Å². The number of methoxy groups -OCH3 is 1. The van der Waals surface area contributed by atoms with Crippen LogP contribution in [0.1, 0.15) is 20.8 Å². The van der Waals surface area contributed by atoms with E-state index in [9.17, 15) is 9.59 Å². The van der Waals surface area contributed by atoms with Gasteiger partial charge in [0.15, 0.2) is 0 Å². The summed E-state index contributed by atoms with van der Waals surface area (Å²) in [6.45, 7) is 0. The molecule has 0 aliphatic heterocycles. The molecule has 0 radical (unpaired) electrons. The Bertz CT molecular complexity index is 897. The van der Waals surface area contributed by atoms with Crippen LogP contribution in [0.4, 0.5) is 11.4 Å². The van der Waals surface area contributed by atoms with Crippen molar-refractivity contribution < 1.29 is 14.3 Å². The maximum absolute atomic E-state index is 12.4. The second-order valence-electron chi connectivity index (χ2n) is 5.06. The van der Waals surface area contributed by atoms with Crippen molar-refractivity contribution in [3.8, 4) is 5.75 Å². The van der Waals surface area contributed by atoms with Gasteiger partial charge in [-0.1, -0.05) is 0 Å². The lowest BCUT2D eigenvalue weighted by Crippen LogP contribution is -2.30. The molecule has 0 atom stereocenters. The Labute approximate surface area is 153 Å². The first-order valence-corrected chi connectivity index (χ1v) is 8.45. The van der Waals surface area contributed by atoms with Gasteiger partial charge in [-0.3, -0.25) is 25.4 Å². The number of hydrogen-bond acceptors (Lipinski definition) is 7. The Morgan fingerprint density at radius 1 is 1.08 bits per heavy atom. The van der Waals surface area contributed by atoms with E-state index >= 15 is 0 Å². The standard InChI is InChI=1S/C17H15N5O3S/c1-25-12-4-2-11(3-5-12)16(23)20-13-6-7-18-8-14(13)21-22-17(24)15-9-26-10-19-15/h2-10,21H,1H3,(H,22,24)(H,18,20,23). The summed E-state index contributed by atoms with van der Waals surface area (Å²) in [5, 5.41) is 4.41. The number of hydrogen-bond donors (Lipinski definition) is 3. The van der Waals surface area contributed by atoms with E-state index < -0.39 is 0 Å². The Balaban J connectivity index is 1.68. The maximum atomic E-state index is 12.4. The molecule has 0 unspecified atom stereocenters. The summed E-state index contributed by atoms with van der Waals surface area (Å²) in [5.41, 5.74) is 8.52. The molecule has 3 aromatic rings. The number of amides is 2. The summed E-state index contributed by atoms with van der Waals surface area (Å²) in [6, 6.07) is 8.35. The minimum Gasteiger partial charge on any atom is -0.497 e. The summed E-state index contributed by atoms with van der Waals surface area (Å²) in [4.78, 5) is 32.3. The van der Waals surface area contributed by atoms with Crippen molar-refractivity contribution >= 4 is 34.5 Å². The van der Waals surface area contributed by atoms with Gasteiger partial charge in [0.25, 0.3) is 11.8 Å². The number of rotatable bonds is 6. The van der Waals surface area contributed by atoms with Gasteiger partial charge in [0, 0.05) is 17.1 Å². The van der Waals surface area contributed by atoms with Gasteiger partial charge >= 0.3 is 0 Å². The van der Waals surface area contributed by atoms with Gasteiger partial charge in [-0.05, 0) is 30.3 Å². The molecule has 0 spiro atoms. The number of pyridine rings is 1. The lowest BCUT2D eigenvalue weighted by molar-refractivity contribution is 0.0958. The molecular formula is C17H15N5O3S. The number of hydrazine groups is 1. The van der Waals surface area contributed by atoms with Crippen LogP contribution in [0.3, 0.4) is 0 Å². The zero-order valence-corrected chi connectivity index (χ0v) is 14.5. The molecule has 0 bridgehead atoms. The number of nitrogens with one attached hydrogen (secondary N) is 3. The molecule has 132 valence electrons. The Morgan fingerprint density at radius 3 is 2.58 bits per heavy atom. The van der Waals surface area contributed by atoms with Crippen molar-refractivity contribution in [3.63, 3.8) is 0 Å². The number of ether oxygens (including phenoxy) is 1. The smallest absolute Gasteiger partial charge is 0.289 e. The highest BCUT2D eigenvalue weighted by Crippen LogP contribution is 2.20. The average Bonchev–Trinajstić information content (AvgIpc) is 3.22. The lowest BCUT2D eigenvalue weighted by atomic mass is 10.2. The van der Waals surface area contributed by atoms with Crippen molar-refractivity contribution in [1.82, 2.24) is 15.4 Å². The SMILES string of the molecule is COc1ccc(C(=O)Nc2ccncc2NNC(=O)c2cscn2)cc1. The molecule has 2 heterocycles. The molecule has 0 aliphatic rings. The van der Waals surface area contributed by atoms with E-state index in [4.69, 9.17) is 4.74 Å². The van der Waals surface area contributed by atoms with E-state index in [2.05, 4.69) is 26.1 Å². The van der Waals surface area contributed by atoms with Crippen LogP contribution in [0.5, 0.6) is 5.75 Å². The lowest BCUT2D eigenvalue weighted by Gasteiger charge is -2.13. The quantitative estimate of drug-likeness (QED) is 0.577. The summed E-state index contributed by atoms with van der Waals surface area (Å²) in [7, 11) is 1.56. The molecular weight excluding hydrogens is 354 g/mol. The average molecular weight is 369 g/mol. The van der Waals surface area contributed by atoms with E-state index in [1.165, 1.54) is 23.7 Å². The van der Waals surface area contributed by atoms with E-state index in [0.29, 0.717) is 28.4 Å². The van der Waals surface area contributed by atoms with E-state index in [1.807, 2.05) is 0 Å².